The van der Waals surface area contributed by atoms with Gasteiger partial charge in [0.15, 0.2) is 5.82 Å². The molecule has 0 bridgehead atoms. The van der Waals surface area contributed by atoms with E-state index in [1.54, 1.807) is 12.1 Å². The van der Waals surface area contributed by atoms with E-state index in [1.165, 1.54) is 0 Å². The number of nitrogens with one attached hydrogen (secondary N) is 1. The van der Waals surface area contributed by atoms with Gasteiger partial charge in [0.25, 0.3) is 5.91 Å². The average Bonchev–Trinajstić information content (AvgIpc) is 2.82. The Balaban J connectivity index is 2.06. The Morgan fingerprint density at radius 1 is 1.43 bits per heavy atom. The van der Waals surface area contributed by atoms with Gasteiger partial charge in [0.1, 0.15) is 5.82 Å². The first kappa shape index (κ1) is 14.0. The highest BCUT2D eigenvalue weighted by Crippen LogP contribution is 2.24. The van der Waals surface area contributed by atoms with Crippen LogP contribution in [-0.2, 0) is 17.7 Å². The average molecular weight is 307 g/mol. The second kappa shape index (κ2) is 5.83. The monoisotopic (exact) mass is 306 g/mol. The summed E-state index contributed by atoms with van der Waals surface area (Å²) in [7, 11) is 0. The number of hydrogen-bond donors (Lipinski definition) is 1. The number of halogens is 1. The van der Waals surface area contributed by atoms with E-state index in [-0.39, 0.29) is 5.91 Å². The third-order valence-corrected chi connectivity index (χ3v) is 3.56. The summed E-state index contributed by atoms with van der Waals surface area (Å²) in [6, 6.07) is 5.24. The van der Waals surface area contributed by atoms with Crippen LogP contribution >= 0.6 is 11.6 Å². The molecule has 0 unspecified atom stereocenters. The van der Waals surface area contributed by atoms with Crippen molar-refractivity contribution in [3.8, 4) is 5.69 Å². The third-order valence-electron chi connectivity index (χ3n) is 3.32. The molecule has 21 heavy (non-hydrogen) atoms. The Bertz CT molecular complexity index is 684. The van der Waals surface area contributed by atoms with Gasteiger partial charge < -0.3 is 10.1 Å². The zero-order chi connectivity index (χ0) is 14.8. The lowest BCUT2D eigenvalue weighted by molar-refractivity contribution is 0.0952. The molecule has 0 spiro atoms. The highest BCUT2D eigenvalue weighted by Gasteiger charge is 2.23. The second-order valence-electron chi connectivity index (χ2n) is 4.66. The molecule has 1 N–H and O–H groups in total. The minimum Gasteiger partial charge on any atom is -0.381 e. The van der Waals surface area contributed by atoms with Crippen LogP contribution in [0.3, 0.4) is 0 Å². The lowest BCUT2D eigenvalue weighted by Crippen LogP contribution is -2.21. The number of rotatable bonds is 4. The van der Waals surface area contributed by atoms with Crippen molar-refractivity contribution in [1.29, 1.82) is 0 Å². The topological polar surface area (TPSA) is 69.0 Å². The fourth-order valence-electron chi connectivity index (χ4n) is 2.36. The van der Waals surface area contributed by atoms with Crippen molar-refractivity contribution >= 4 is 17.5 Å². The molecule has 0 saturated heterocycles. The van der Waals surface area contributed by atoms with Gasteiger partial charge in [-0.2, -0.15) is 0 Å². The second-order valence-corrected chi connectivity index (χ2v) is 5.10. The first-order valence-electron chi connectivity index (χ1n) is 6.79. The van der Waals surface area contributed by atoms with E-state index in [2.05, 4.69) is 15.5 Å². The molecule has 1 aliphatic heterocycles. The van der Waals surface area contributed by atoms with Crippen molar-refractivity contribution in [3.05, 3.63) is 40.4 Å². The summed E-state index contributed by atoms with van der Waals surface area (Å²) in [5.74, 6) is 1.32. The van der Waals surface area contributed by atoms with Crippen molar-refractivity contribution in [1.82, 2.24) is 20.1 Å². The number of carbonyl (C=O) groups is 1. The maximum absolute atomic E-state index is 12.1. The Hall–Kier alpha value is -1.92. The first-order valence-corrected chi connectivity index (χ1v) is 7.17. The molecule has 1 amide bonds. The van der Waals surface area contributed by atoms with Crippen molar-refractivity contribution in [2.75, 3.05) is 13.2 Å². The molecule has 2 heterocycles. The number of aromatic nitrogens is 3. The summed E-state index contributed by atoms with van der Waals surface area (Å²) in [5.41, 5.74) is 1.28. The van der Waals surface area contributed by atoms with Gasteiger partial charge in [-0.25, -0.2) is 0 Å². The smallest absolute Gasteiger partial charge is 0.253 e. The Kier molecular flexibility index (Phi) is 3.90. The summed E-state index contributed by atoms with van der Waals surface area (Å²) >= 11 is 6.00. The summed E-state index contributed by atoms with van der Waals surface area (Å²) in [6.07, 6.45) is 0.636. The number of fused-ring (bicyclic) bond motifs is 3. The predicted octanol–water partition coefficient (Wildman–Crippen LogP) is 1.74. The SMILES string of the molecule is CCOCCc1nnc2n1-c1ccc(Cl)cc1C(=O)NC2. The number of amides is 1. The lowest BCUT2D eigenvalue weighted by atomic mass is 10.1. The van der Waals surface area contributed by atoms with Crippen LogP contribution in [0, 0.1) is 0 Å². The van der Waals surface area contributed by atoms with Crippen molar-refractivity contribution in [2.45, 2.75) is 19.9 Å². The van der Waals surface area contributed by atoms with E-state index in [4.69, 9.17) is 16.3 Å². The van der Waals surface area contributed by atoms with Crippen LogP contribution in [0.5, 0.6) is 0 Å². The van der Waals surface area contributed by atoms with Gasteiger partial charge in [-0.15, -0.1) is 10.2 Å². The van der Waals surface area contributed by atoms with E-state index in [1.807, 2.05) is 17.6 Å². The lowest BCUT2D eigenvalue weighted by Gasteiger charge is -2.10. The van der Waals surface area contributed by atoms with Crippen LogP contribution in [0.4, 0.5) is 0 Å². The molecule has 0 fully saturated rings. The van der Waals surface area contributed by atoms with Gasteiger partial charge >= 0.3 is 0 Å². The summed E-state index contributed by atoms with van der Waals surface area (Å²) in [5, 5.41) is 11.7. The van der Waals surface area contributed by atoms with Crippen LogP contribution in [0.15, 0.2) is 18.2 Å². The molecule has 110 valence electrons. The largest absolute Gasteiger partial charge is 0.381 e. The molecular formula is C14H15ClN4O2. The molecule has 0 aliphatic carbocycles. The van der Waals surface area contributed by atoms with Crippen LogP contribution in [-0.4, -0.2) is 33.9 Å². The molecule has 0 saturated carbocycles. The molecule has 1 aromatic heterocycles. The number of hydrogen-bond acceptors (Lipinski definition) is 4. The quantitative estimate of drug-likeness (QED) is 0.874. The zero-order valence-electron chi connectivity index (χ0n) is 11.6. The minimum absolute atomic E-state index is 0.159. The maximum atomic E-state index is 12.1. The fourth-order valence-corrected chi connectivity index (χ4v) is 2.53. The molecule has 7 heteroatoms. The minimum atomic E-state index is -0.159. The molecular weight excluding hydrogens is 292 g/mol. The van der Waals surface area contributed by atoms with Crippen LogP contribution in [0.2, 0.25) is 5.02 Å². The number of carbonyl (C=O) groups excluding carboxylic acids is 1. The third kappa shape index (κ3) is 2.64. The number of benzene rings is 1. The highest BCUT2D eigenvalue weighted by molar-refractivity contribution is 6.31. The number of nitrogens with zero attached hydrogens (tertiary/aromatic N) is 3. The molecule has 3 rings (SSSR count). The van der Waals surface area contributed by atoms with E-state index in [9.17, 15) is 4.79 Å². The molecule has 1 aromatic carbocycles. The van der Waals surface area contributed by atoms with Crippen LogP contribution < -0.4 is 5.32 Å². The van der Waals surface area contributed by atoms with Gasteiger partial charge in [0.05, 0.1) is 24.4 Å². The van der Waals surface area contributed by atoms with Crippen LogP contribution in [0.25, 0.3) is 5.69 Å². The normalized spacial score (nSPS) is 13.3. The van der Waals surface area contributed by atoms with Crippen molar-refractivity contribution < 1.29 is 9.53 Å². The fraction of sp³-hybridized carbons (Fsp3) is 0.357. The van der Waals surface area contributed by atoms with E-state index < -0.39 is 0 Å². The van der Waals surface area contributed by atoms with E-state index in [0.717, 1.165) is 11.5 Å². The molecule has 1 aliphatic rings. The van der Waals surface area contributed by atoms with Gasteiger partial charge in [0, 0.05) is 18.1 Å². The summed E-state index contributed by atoms with van der Waals surface area (Å²) in [4.78, 5) is 12.1. The van der Waals surface area contributed by atoms with Gasteiger partial charge in [-0.05, 0) is 25.1 Å². The predicted molar refractivity (Wildman–Crippen MR) is 77.7 cm³/mol. The molecule has 2 aromatic rings. The zero-order valence-corrected chi connectivity index (χ0v) is 12.4. The Labute approximate surface area is 127 Å². The summed E-state index contributed by atoms with van der Waals surface area (Å²) in [6.45, 7) is 3.52. The molecule has 6 nitrogen and oxygen atoms in total. The first-order chi connectivity index (χ1) is 10.2. The molecule has 0 radical (unpaired) electrons. The van der Waals surface area contributed by atoms with Crippen molar-refractivity contribution in [3.63, 3.8) is 0 Å². The van der Waals surface area contributed by atoms with Crippen molar-refractivity contribution in [2.24, 2.45) is 0 Å². The van der Waals surface area contributed by atoms with E-state index >= 15 is 0 Å². The maximum Gasteiger partial charge on any atom is 0.253 e. The number of ether oxygens (including phenoxy) is 1. The van der Waals surface area contributed by atoms with Gasteiger partial charge in [-0.1, -0.05) is 11.6 Å². The van der Waals surface area contributed by atoms with Crippen LogP contribution in [0.1, 0.15) is 28.9 Å². The van der Waals surface area contributed by atoms with Gasteiger partial charge in [-0.3, -0.25) is 9.36 Å². The standard InChI is InChI=1S/C14H15ClN4O2/c1-2-21-6-5-12-17-18-13-8-16-14(20)10-7-9(15)3-4-11(10)19(12)13/h3-4,7H,2,5-6,8H2,1H3,(H,16,20). The highest BCUT2D eigenvalue weighted by atomic mass is 35.5. The Morgan fingerprint density at radius 3 is 3.10 bits per heavy atom. The van der Waals surface area contributed by atoms with Gasteiger partial charge in [0.2, 0.25) is 0 Å². The summed E-state index contributed by atoms with van der Waals surface area (Å²) < 4.78 is 7.28. The Morgan fingerprint density at radius 2 is 2.29 bits per heavy atom. The van der Waals surface area contributed by atoms with E-state index in [0.29, 0.717) is 42.6 Å². The molecule has 0 atom stereocenters.